The van der Waals surface area contributed by atoms with Crippen molar-refractivity contribution in [2.75, 3.05) is 13.2 Å². The van der Waals surface area contributed by atoms with Gasteiger partial charge in [0, 0.05) is 19.3 Å². The van der Waals surface area contributed by atoms with Crippen molar-refractivity contribution in [3.8, 4) is 0 Å². The first-order valence-corrected chi connectivity index (χ1v) is 34.6. The van der Waals surface area contributed by atoms with Crippen LogP contribution < -0.4 is 0 Å². The first-order valence-electron chi connectivity index (χ1n) is 34.6. The van der Waals surface area contributed by atoms with E-state index in [1.165, 1.54) is 212 Å². The van der Waals surface area contributed by atoms with E-state index in [0.717, 1.165) is 96.3 Å². The topological polar surface area (TPSA) is 78.9 Å². The monoisotopic (exact) mass is 1110 g/mol. The molecule has 0 spiro atoms. The van der Waals surface area contributed by atoms with Gasteiger partial charge < -0.3 is 14.2 Å². The van der Waals surface area contributed by atoms with Crippen LogP contribution in [-0.4, -0.2) is 37.2 Å². The molecule has 0 amide bonds. The summed E-state index contributed by atoms with van der Waals surface area (Å²) in [7, 11) is 0. The molecule has 0 N–H and O–H groups in total. The van der Waals surface area contributed by atoms with Gasteiger partial charge in [0.1, 0.15) is 13.2 Å². The fourth-order valence-electron chi connectivity index (χ4n) is 9.97. The highest BCUT2D eigenvalue weighted by molar-refractivity contribution is 5.71. The second-order valence-electron chi connectivity index (χ2n) is 23.1. The minimum Gasteiger partial charge on any atom is -0.462 e. The van der Waals surface area contributed by atoms with Crippen molar-refractivity contribution in [2.45, 2.75) is 354 Å². The second-order valence-corrected chi connectivity index (χ2v) is 23.1. The molecule has 0 aromatic rings. The Hall–Kier alpha value is -3.41. The Morgan fingerprint density at radius 1 is 0.263 bits per heavy atom. The number of allylic oxidation sites excluding steroid dienone is 14. The van der Waals surface area contributed by atoms with Crippen molar-refractivity contribution in [3.05, 3.63) is 85.1 Å². The number of rotatable bonds is 63. The van der Waals surface area contributed by atoms with Crippen LogP contribution in [-0.2, 0) is 28.6 Å². The van der Waals surface area contributed by atoms with Crippen molar-refractivity contribution < 1.29 is 28.6 Å². The molecule has 1 unspecified atom stereocenters. The average molecular weight is 1120 g/mol. The second kappa shape index (κ2) is 68.1. The lowest BCUT2D eigenvalue weighted by Crippen LogP contribution is -2.30. The molecule has 6 nitrogen and oxygen atoms in total. The quantitative estimate of drug-likeness (QED) is 0.0261. The number of hydrogen-bond donors (Lipinski definition) is 0. The lowest BCUT2D eigenvalue weighted by molar-refractivity contribution is -0.167. The van der Waals surface area contributed by atoms with Crippen molar-refractivity contribution in [1.29, 1.82) is 0 Å². The predicted octanol–water partition coefficient (Wildman–Crippen LogP) is 23.8. The molecule has 0 aliphatic rings. The molecule has 0 aromatic heterocycles. The highest BCUT2D eigenvalue weighted by Crippen LogP contribution is 2.17. The third kappa shape index (κ3) is 65.4. The van der Waals surface area contributed by atoms with Gasteiger partial charge in [-0.1, -0.05) is 318 Å². The summed E-state index contributed by atoms with van der Waals surface area (Å²) in [6.45, 7) is 6.56. The molecule has 0 aliphatic carbocycles. The van der Waals surface area contributed by atoms with Crippen LogP contribution in [0.15, 0.2) is 85.1 Å². The first-order chi connectivity index (χ1) is 39.5. The number of esters is 3. The van der Waals surface area contributed by atoms with Crippen molar-refractivity contribution in [2.24, 2.45) is 0 Å². The van der Waals surface area contributed by atoms with Gasteiger partial charge in [-0.15, -0.1) is 0 Å². The molecular formula is C74H130O6. The van der Waals surface area contributed by atoms with Crippen LogP contribution in [0, 0.1) is 0 Å². The molecule has 0 saturated heterocycles. The van der Waals surface area contributed by atoms with E-state index in [1.54, 1.807) is 0 Å². The molecule has 1 atom stereocenters. The molecular weight excluding hydrogens is 985 g/mol. The van der Waals surface area contributed by atoms with Gasteiger partial charge in [0.15, 0.2) is 6.10 Å². The van der Waals surface area contributed by atoms with E-state index in [1.807, 2.05) is 0 Å². The highest BCUT2D eigenvalue weighted by Gasteiger charge is 2.19. The highest BCUT2D eigenvalue weighted by atomic mass is 16.6. The van der Waals surface area contributed by atoms with E-state index in [-0.39, 0.29) is 31.1 Å². The van der Waals surface area contributed by atoms with Crippen molar-refractivity contribution >= 4 is 17.9 Å². The van der Waals surface area contributed by atoms with E-state index in [4.69, 9.17) is 14.2 Å². The SMILES string of the molecule is CC/C=C\C/C=C\C/C=C\C/C=C\C/C=C\C/C=C\CCCCCCCCCCCCCCC(=O)OCC(COC(=O)CCCCCCCCCCCCCC)OC(=O)CCCCCCCCCCC/C=C\CCCCCCCC. The predicted molar refractivity (Wildman–Crippen MR) is 348 cm³/mol. The van der Waals surface area contributed by atoms with Crippen LogP contribution in [0.4, 0.5) is 0 Å². The summed E-state index contributed by atoms with van der Waals surface area (Å²) in [5, 5.41) is 0. The third-order valence-electron chi connectivity index (χ3n) is 15.1. The Bertz CT molecular complexity index is 1520. The van der Waals surface area contributed by atoms with E-state index >= 15 is 0 Å². The minimum absolute atomic E-state index is 0.0728. The smallest absolute Gasteiger partial charge is 0.306 e. The van der Waals surface area contributed by atoms with Gasteiger partial charge in [-0.05, 0) is 96.3 Å². The summed E-state index contributed by atoms with van der Waals surface area (Å²) in [6.07, 6.45) is 90.3. The molecule has 0 radical (unpaired) electrons. The zero-order valence-corrected chi connectivity index (χ0v) is 53.1. The standard InChI is InChI=1S/C74H130O6/c1-4-7-10-13-16-19-22-25-27-29-31-32-33-34-35-36-37-38-39-40-41-42-44-45-47-49-52-55-58-61-64-67-73(76)79-70-71(69-78-72(75)66-63-60-57-54-51-24-21-18-15-12-9-6-3)80-74(77)68-65-62-59-56-53-50-48-46-43-30-28-26-23-20-17-14-11-8-5-2/h7,10,16,19,25-28,31-32,34-35,37-38,71H,4-6,8-9,11-15,17-18,20-24,29-30,33,36,39-70H2,1-3H3/b10-7-,19-16-,27-25-,28-26-,32-31-,35-34-,38-37-. The molecule has 0 rings (SSSR count). The fourth-order valence-corrected chi connectivity index (χ4v) is 9.97. The van der Waals surface area contributed by atoms with Gasteiger partial charge in [0.05, 0.1) is 0 Å². The fraction of sp³-hybridized carbons (Fsp3) is 0.770. The minimum atomic E-state index is -0.776. The molecule has 0 fully saturated rings. The van der Waals surface area contributed by atoms with E-state index in [0.29, 0.717) is 19.3 Å². The van der Waals surface area contributed by atoms with Crippen LogP contribution in [0.3, 0.4) is 0 Å². The number of carbonyl (C=O) groups is 3. The zero-order chi connectivity index (χ0) is 57.8. The molecule has 80 heavy (non-hydrogen) atoms. The van der Waals surface area contributed by atoms with Crippen LogP contribution in [0.5, 0.6) is 0 Å². The summed E-state index contributed by atoms with van der Waals surface area (Å²) in [5.74, 6) is -0.859. The van der Waals surface area contributed by atoms with Crippen LogP contribution in [0.25, 0.3) is 0 Å². The van der Waals surface area contributed by atoms with Crippen molar-refractivity contribution in [1.82, 2.24) is 0 Å². The third-order valence-corrected chi connectivity index (χ3v) is 15.1. The van der Waals surface area contributed by atoms with Gasteiger partial charge in [-0.2, -0.15) is 0 Å². The zero-order valence-electron chi connectivity index (χ0n) is 53.1. The van der Waals surface area contributed by atoms with Gasteiger partial charge in [-0.3, -0.25) is 14.4 Å². The van der Waals surface area contributed by atoms with Crippen LogP contribution in [0.2, 0.25) is 0 Å². The van der Waals surface area contributed by atoms with E-state index in [9.17, 15) is 14.4 Å². The summed E-state index contributed by atoms with van der Waals surface area (Å²) in [6, 6.07) is 0. The number of carbonyl (C=O) groups excluding carboxylic acids is 3. The maximum Gasteiger partial charge on any atom is 0.306 e. The molecule has 0 bridgehead atoms. The average Bonchev–Trinajstić information content (AvgIpc) is 3.46. The summed E-state index contributed by atoms with van der Waals surface area (Å²) < 4.78 is 17.0. The largest absolute Gasteiger partial charge is 0.462 e. The molecule has 0 saturated carbocycles. The Morgan fingerprint density at radius 2 is 0.487 bits per heavy atom. The van der Waals surface area contributed by atoms with Gasteiger partial charge in [0.25, 0.3) is 0 Å². The molecule has 0 heterocycles. The first kappa shape index (κ1) is 76.6. The van der Waals surface area contributed by atoms with Gasteiger partial charge >= 0.3 is 17.9 Å². The molecule has 6 heteroatoms. The molecule has 462 valence electrons. The van der Waals surface area contributed by atoms with E-state index in [2.05, 4.69) is 106 Å². The lowest BCUT2D eigenvalue weighted by atomic mass is 10.0. The number of hydrogen-bond acceptors (Lipinski definition) is 6. The maximum absolute atomic E-state index is 12.9. The Kier molecular flexibility index (Phi) is 65.2. The number of ether oxygens (including phenoxy) is 3. The summed E-state index contributed by atoms with van der Waals surface area (Å²) in [5.41, 5.74) is 0. The van der Waals surface area contributed by atoms with Gasteiger partial charge in [0.2, 0.25) is 0 Å². The Morgan fingerprint density at radius 3 is 0.775 bits per heavy atom. The number of unbranched alkanes of at least 4 members (excludes halogenated alkanes) is 38. The van der Waals surface area contributed by atoms with E-state index < -0.39 is 6.10 Å². The molecule has 0 aliphatic heterocycles. The summed E-state index contributed by atoms with van der Waals surface area (Å²) in [4.78, 5) is 38.4. The van der Waals surface area contributed by atoms with Crippen LogP contribution in [0.1, 0.15) is 348 Å². The Labute approximate surface area is 496 Å². The molecule has 0 aromatic carbocycles. The summed E-state index contributed by atoms with van der Waals surface area (Å²) >= 11 is 0. The maximum atomic E-state index is 12.9. The Balaban J connectivity index is 4.22. The lowest BCUT2D eigenvalue weighted by Gasteiger charge is -2.18. The van der Waals surface area contributed by atoms with Crippen LogP contribution >= 0.6 is 0 Å². The van der Waals surface area contributed by atoms with Gasteiger partial charge in [-0.25, -0.2) is 0 Å². The normalized spacial score (nSPS) is 12.6. The van der Waals surface area contributed by atoms with Crippen molar-refractivity contribution in [3.63, 3.8) is 0 Å².